The number of ether oxygens (including phenoxy) is 1. The molecule has 6 rings (SSSR count). The monoisotopic (exact) mass is 532 g/mol. The van der Waals surface area contributed by atoms with Crippen LogP contribution in [0.1, 0.15) is 40.0 Å². The van der Waals surface area contributed by atoms with E-state index in [2.05, 4.69) is 20.3 Å². The summed E-state index contributed by atoms with van der Waals surface area (Å²) >= 11 is 0.837. The minimum absolute atomic E-state index is 0.00774. The number of nitrogens with two attached hydrogens (primary N) is 1. The first kappa shape index (κ1) is 17.1. The van der Waals surface area contributed by atoms with Crippen LogP contribution in [-0.2, 0) is 18.0 Å². The molecule has 2 aliphatic heterocycles. The molecule has 12 heteroatoms. The molecule has 3 aromatic heterocycles. The van der Waals surface area contributed by atoms with Gasteiger partial charge >= 0.3 is 0 Å². The highest BCUT2D eigenvalue weighted by atomic mass is 32.1. The van der Waals surface area contributed by atoms with E-state index in [-0.39, 0.29) is 63.1 Å². The summed E-state index contributed by atoms with van der Waals surface area (Å²) in [5.74, 6) is -1.74. The lowest BCUT2D eigenvalue weighted by atomic mass is 9.94. The van der Waals surface area contributed by atoms with Gasteiger partial charge in [0.05, 0.1) is 48.0 Å². The van der Waals surface area contributed by atoms with Crippen LogP contribution in [0, 0.1) is 23.0 Å². The zero-order chi connectivity index (χ0) is 31.9. The van der Waals surface area contributed by atoms with E-state index in [1.807, 2.05) is 6.07 Å². The molecule has 190 valence electrons. The van der Waals surface area contributed by atoms with Gasteiger partial charge in [0.1, 0.15) is 22.8 Å². The van der Waals surface area contributed by atoms with Gasteiger partial charge in [-0.05, 0) is 11.1 Å². The van der Waals surface area contributed by atoms with Gasteiger partial charge in [-0.15, -0.1) is 11.3 Å². The number of halogens is 3. The lowest BCUT2D eigenvalue weighted by molar-refractivity contribution is 0.135. The highest BCUT2D eigenvalue weighted by molar-refractivity contribution is 7.23. The van der Waals surface area contributed by atoms with Crippen molar-refractivity contribution in [2.45, 2.75) is 45.1 Å². The summed E-state index contributed by atoms with van der Waals surface area (Å²) in [7, 11) is 0. The van der Waals surface area contributed by atoms with Gasteiger partial charge < -0.3 is 20.7 Å². The minimum atomic E-state index is -3.31. The fourth-order valence-corrected chi connectivity index (χ4v) is 5.86. The fourth-order valence-electron chi connectivity index (χ4n) is 4.94. The zero-order valence-electron chi connectivity index (χ0n) is 25.9. The second-order valence-corrected chi connectivity index (χ2v) is 9.78. The number of fused-ring (bicyclic) bond motifs is 4. The first-order chi connectivity index (χ1) is 20.6. The smallest absolute Gasteiger partial charge is 0.226 e. The van der Waals surface area contributed by atoms with E-state index in [9.17, 15) is 9.65 Å². The molecule has 0 spiro atoms. The Balaban J connectivity index is 1.45. The van der Waals surface area contributed by atoms with Gasteiger partial charge in [-0.2, -0.15) is 5.26 Å². The topological polar surface area (TPSA) is 113 Å². The Morgan fingerprint density at radius 3 is 2.89 bits per heavy atom. The fraction of sp³-hybridized carbons (Fsp3) is 0.360. The molecule has 4 aromatic rings. The van der Waals surface area contributed by atoms with Crippen molar-refractivity contribution in [2.75, 3.05) is 23.7 Å². The number of pyridine rings is 1. The number of nitrogens with one attached hydrogen (secondary N) is 1. The third-order valence-corrected chi connectivity index (χ3v) is 7.62. The van der Waals surface area contributed by atoms with Crippen molar-refractivity contribution >= 4 is 43.3 Å². The molecule has 1 aromatic carbocycles. The largest absolute Gasteiger partial charge is 0.389 e. The highest BCUT2D eigenvalue weighted by Gasteiger charge is 2.35. The molecule has 37 heavy (non-hydrogen) atoms. The van der Waals surface area contributed by atoms with E-state index in [0.717, 1.165) is 17.5 Å². The standard InChI is InChI=1S/C25H22F3N7OS/c1-10(2)33-17-7-35(6-16(17)27)25-32-4-12-13-8-36-9-14(13)18(20(28)21(12)34-25)22-19-11(3-29)24(30)37-23(19)15(26)5-31-22/h4-5,10,16-17,33H,6-9,30H2,1-2H3/t16-,17-/m0/s1/i1D3,2D3,10D. The number of hydrogen-bond donors (Lipinski definition) is 2. The van der Waals surface area contributed by atoms with Crippen LogP contribution in [0.15, 0.2) is 12.4 Å². The van der Waals surface area contributed by atoms with E-state index in [4.69, 9.17) is 20.1 Å². The Morgan fingerprint density at radius 2 is 2.11 bits per heavy atom. The van der Waals surface area contributed by atoms with Crippen molar-refractivity contribution < 1.29 is 27.5 Å². The summed E-state index contributed by atoms with van der Waals surface area (Å²) in [4.78, 5) is 14.1. The average Bonchev–Trinajstić information content (AvgIpc) is 3.66. The molecule has 3 N–H and O–H groups in total. The number of nitrogen functional groups attached to an aromatic ring is 1. The Labute approximate surface area is 223 Å². The maximum atomic E-state index is 16.5. The first-order valence-electron chi connectivity index (χ1n) is 14.6. The first-order valence-corrected chi connectivity index (χ1v) is 11.9. The van der Waals surface area contributed by atoms with Crippen LogP contribution in [0.2, 0.25) is 0 Å². The van der Waals surface area contributed by atoms with Crippen LogP contribution in [0.3, 0.4) is 0 Å². The van der Waals surface area contributed by atoms with E-state index < -0.39 is 50.1 Å². The molecule has 1 saturated heterocycles. The maximum absolute atomic E-state index is 16.5. The van der Waals surface area contributed by atoms with Gasteiger partial charge in [0, 0.05) is 44.7 Å². The molecule has 2 atom stereocenters. The second-order valence-electron chi connectivity index (χ2n) is 8.73. The van der Waals surface area contributed by atoms with E-state index in [0.29, 0.717) is 16.5 Å². The summed E-state index contributed by atoms with van der Waals surface area (Å²) in [5.41, 5.74) is 6.59. The van der Waals surface area contributed by atoms with Gasteiger partial charge in [-0.25, -0.2) is 23.1 Å². The number of aromatic nitrogens is 3. The Kier molecular flexibility index (Phi) is 4.06. The van der Waals surface area contributed by atoms with Crippen molar-refractivity contribution in [2.24, 2.45) is 0 Å². The average molecular weight is 533 g/mol. The molecule has 0 bridgehead atoms. The van der Waals surface area contributed by atoms with Crippen LogP contribution in [0.4, 0.5) is 24.1 Å². The van der Waals surface area contributed by atoms with Crippen molar-refractivity contribution in [1.29, 1.82) is 5.26 Å². The lowest BCUT2D eigenvalue weighted by Crippen LogP contribution is -2.41. The van der Waals surface area contributed by atoms with Crippen LogP contribution in [0.5, 0.6) is 0 Å². The third kappa shape index (κ3) is 3.68. The van der Waals surface area contributed by atoms with Crippen molar-refractivity contribution in [1.82, 2.24) is 20.3 Å². The summed E-state index contributed by atoms with van der Waals surface area (Å²) in [5, 5.41) is 12.3. The van der Waals surface area contributed by atoms with Crippen molar-refractivity contribution in [3.63, 3.8) is 0 Å². The molecule has 0 aliphatic carbocycles. The van der Waals surface area contributed by atoms with Crippen molar-refractivity contribution in [3.8, 4) is 17.3 Å². The number of alkyl halides is 1. The number of thiophene rings is 1. The van der Waals surface area contributed by atoms with Crippen molar-refractivity contribution in [3.05, 3.63) is 40.7 Å². The van der Waals surface area contributed by atoms with Crippen LogP contribution in [0.25, 0.3) is 32.2 Å². The normalized spacial score (nSPS) is 23.1. The number of benzene rings is 1. The summed E-state index contributed by atoms with van der Waals surface area (Å²) in [6, 6.07) is -2.62. The van der Waals surface area contributed by atoms with E-state index in [1.54, 1.807) is 0 Å². The van der Waals surface area contributed by atoms with Gasteiger partial charge in [0.2, 0.25) is 5.95 Å². The Bertz CT molecular complexity index is 1860. The molecule has 0 saturated carbocycles. The zero-order valence-corrected chi connectivity index (χ0v) is 19.7. The van der Waals surface area contributed by atoms with Crippen LogP contribution >= 0.6 is 11.3 Å². The SMILES string of the molecule is [2H]C([2H])([2H])C([2H])(N[C@H]1CN(c2ncc3c4c(c(-c5ncc(F)c6sc(N)c(C#N)c56)c(F)c3n2)COC4)C[C@@H]1F)C([2H])([2H])[2H]. The molecule has 8 nitrogen and oxygen atoms in total. The predicted molar refractivity (Wildman–Crippen MR) is 135 cm³/mol. The van der Waals surface area contributed by atoms with Crippen LogP contribution < -0.4 is 16.0 Å². The maximum Gasteiger partial charge on any atom is 0.226 e. The third-order valence-electron chi connectivity index (χ3n) is 6.59. The number of rotatable bonds is 4. The van der Waals surface area contributed by atoms with Gasteiger partial charge in [-0.3, -0.25) is 4.98 Å². The molecule has 1 fully saturated rings. The predicted octanol–water partition coefficient (Wildman–Crippen LogP) is 4.19. The Hall–Kier alpha value is -3.53. The summed E-state index contributed by atoms with van der Waals surface area (Å²) in [6.45, 7) is -7.28. The number of nitriles is 1. The quantitative estimate of drug-likeness (QED) is 0.402. The second kappa shape index (κ2) is 8.79. The van der Waals surface area contributed by atoms with Gasteiger partial charge in [0.15, 0.2) is 11.6 Å². The summed E-state index contributed by atoms with van der Waals surface area (Å²) in [6.07, 6.45) is 0.431. The minimum Gasteiger partial charge on any atom is -0.389 e. The summed E-state index contributed by atoms with van der Waals surface area (Å²) < 4.78 is 106. The molecule has 5 heterocycles. The molecule has 0 radical (unpaired) electrons. The lowest BCUT2D eigenvalue weighted by Gasteiger charge is -2.19. The van der Waals surface area contributed by atoms with E-state index in [1.165, 1.54) is 11.1 Å². The Morgan fingerprint density at radius 1 is 1.30 bits per heavy atom. The number of nitrogens with zero attached hydrogens (tertiary/aromatic N) is 5. The molecule has 0 unspecified atom stereocenters. The number of hydrogen-bond acceptors (Lipinski definition) is 9. The van der Waals surface area contributed by atoms with E-state index >= 15 is 8.78 Å². The molecule has 0 amide bonds. The van der Waals surface area contributed by atoms with Crippen LogP contribution in [-0.4, -0.2) is 46.3 Å². The molecular weight excluding hydrogens is 503 g/mol. The molecular formula is C25H22F3N7OS. The highest BCUT2D eigenvalue weighted by Crippen LogP contribution is 2.45. The van der Waals surface area contributed by atoms with Gasteiger partial charge in [0.25, 0.3) is 0 Å². The van der Waals surface area contributed by atoms with Gasteiger partial charge in [-0.1, -0.05) is 13.7 Å². The molecule has 2 aliphatic rings. The number of anilines is 2.